The number of ether oxygens (including phenoxy) is 1. The van der Waals surface area contributed by atoms with Crippen molar-refractivity contribution in [3.05, 3.63) is 121 Å². The van der Waals surface area contributed by atoms with E-state index in [2.05, 4.69) is 53.5 Å². The summed E-state index contributed by atoms with van der Waals surface area (Å²) in [6.45, 7) is 0.212. The zero-order valence-electron chi connectivity index (χ0n) is 18.4. The average molecular weight is 442 g/mol. The first-order valence-electron chi connectivity index (χ1n) is 11.2. The molecule has 4 nitrogen and oxygen atoms in total. The first-order chi connectivity index (χ1) is 16.7. The van der Waals surface area contributed by atoms with Crippen molar-refractivity contribution in [2.45, 2.75) is 6.54 Å². The van der Waals surface area contributed by atoms with E-state index in [1.807, 2.05) is 48.5 Å². The van der Waals surface area contributed by atoms with Crippen LogP contribution in [-0.4, -0.2) is 10.8 Å². The second-order valence-electron chi connectivity index (χ2n) is 8.31. The van der Waals surface area contributed by atoms with Crippen molar-refractivity contribution < 1.29 is 14.1 Å². The number of carbonyl (C=O) groups is 1. The molecule has 0 amide bonds. The highest BCUT2D eigenvalue weighted by molar-refractivity contribution is 6.10. The minimum Gasteiger partial charge on any atom is -0.433 e. The number of rotatable bonds is 5. The van der Waals surface area contributed by atoms with Crippen molar-refractivity contribution in [1.82, 2.24) is 4.98 Å². The third-order valence-corrected chi connectivity index (χ3v) is 6.04. The van der Waals surface area contributed by atoms with Crippen molar-refractivity contribution in [3.63, 3.8) is 0 Å². The molecule has 0 saturated carbocycles. The molecule has 162 valence electrons. The quantitative estimate of drug-likeness (QED) is 0.174. The van der Waals surface area contributed by atoms with Crippen LogP contribution in [0.25, 0.3) is 32.3 Å². The van der Waals surface area contributed by atoms with E-state index in [-0.39, 0.29) is 12.3 Å². The molecular formula is C30H21N2O2+. The molecule has 34 heavy (non-hydrogen) atoms. The van der Waals surface area contributed by atoms with Gasteiger partial charge in [-0.05, 0) is 39.7 Å². The molecule has 0 bridgehead atoms. The molecule has 0 spiro atoms. The largest absolute Gasteiger partial charge is 0.433 e. The van der Waals surface area contributed by atoms with E-state index in [9.17, 15) is 4.79 Å². The zero-order valence-corrected chi connectivity index (χ0v) is 18.4. The molecule has 0 fully saturated rings. The van der Waals surface area contributed by atoms with E-state index in [0.717, 1.165) is 32.7 Å². The molecule has 0 atom stereocenters. The summed E-state index contributed by atoms with van der Waals surface area (Å²) in [6.07, 6.45) is 5.22. The maximum absolute atomic E-state index is 12.7. The molecule has 1 aromatic heterocycles. The molecule has 0 aliphatic carbocycles. The van der Waals surface area contributed by atoms with Gasteiger partial charge in [0.1, 0.15) is 5.75 Å². The third-order valence-electron chi connectivity index (χ3n) is 6.04. The van der Waals surface area contributed by atoms with Crippen LogP contribution in [-0.2, 0) is 6.54 Å². The first-order valence-corrected chi connectivity index (χ1v) is 11.2. The minimum atomic E-state index is 0.0323. The molecule has 0 N–H and O–H groups in total. The van der Waals surface area contributed by atoms with Gasteiger partial charge in [0.2, 0.25) is 18.5 Å². The SMILES string of the molecule is O=C(C[n+]1ccnc(Oc2c3ccccc3cc3cc4ccccc4cc23)c1)c1ccccc1. The number of hydrogen-bond donors (Lipinski definition) is 0. The van der Waals surface area contributed by atoms with Crippen LogP contribution in [0, 0.1) is 0 Å². The number of ketones is 1. The monoisotopic (exact) mass is 441 g/mol. The summed E-state index contributed by atoms with van der Waals surface area (Å²) in [4.78, 5) is 17.1. The van der Waals surface area contributed by atoms with Crippen molar-refractivity contribution in [2.24, 2.45) is 0 Å². The number of nitrogens with zero attached hydrogens (tertiary/aromatic N) is 2. The minimum absolute atomic E-state index is 0.0323. The summed E-state index contributed by atoms with van der Waals surface area (Å²) in [5, 5.41) is 6.59. The Kier molecular flexibility index (Phi) is 4.96. The predicted molar refractivity (Wildman–Crippen MR) is 134 cm³/mol. The average Bonchev–Trinajstić information content (AvgIpc) is 2.88. The van der Waals surface area contributed by atoms with Crippen molar-refractivity contribution >= 4 is 38.1 Å². The Balaban J connectivity index is 1.43. The zero-order chi connectivity index (χ0) is 22.9. The lowest BCUT2D eigenvalue weighted by molar-refractivity contribution is -0.683. The fourth-order valence-electron chi connectivity index (χ4n) is 4.37. The van der Waals surface area contributed by atoms with E-state index >= 15 is 0 Å². The third kappa shape index (κ3) is 3.76. The molecule has 4 heteroatoms. The van der Waals surface area contributed by atoms with Gasteiger partial charge in [-0.1, -0.05) is 78.9 Å². The first kappa shape index (κ1) is 20.1. The Morgan fingerprint density at radius 1 is 0.735 bits per heavy atom. The van der Waals surface area contributed by atoms with Crippen LogP contribution in [0.2, 0.25) is 0 Å². The Hall–Kier alpha value is -4.57. The Morgan fingerprint density at radius 3 is 2.24 bits per heavy atom. The topological polar surface area (TPSA) is 43.1 Å². The van der Waals surface area contributed by atoms with Gasteiger partial charge < -0.3 is 4.74 Å². The van der Waals surface area contributed by atoms with Gasteiger partial charge in [-0.2, -0.15) is 4.57 Å². The standard InChI is InChI=1S/C30H21N2O2/c33-28(21-8-2-1-3-9-21)19-32-15-14-31-29(20-32)34-30-26-13-7-6-12-24(26)17-25-16-22-10-4-5-11-23(22)18-27(25)30/h1-18,20H,19H2/q+1. The maximum atomic E-state index is 12.7. The van der Waals surface area contributed by atoms with E-state index in [1.165, 1.54) is 5.39 Å². The van der Waals surface area contributed by atoms with Crippen LogP contribution in [0.1, 0.15) is 10.4 Å². The summed E-state index contributed by atoms with van der Waals surface area (Å²) in [5.74, 6) is 1.23. The second kappa shape index (κ2) is 8.41. The second-order valence-corrected chi connectivity index (χ2v) is 8.31. The smallest absolute Gasteiger partial charge is 0.285 e. The number of benzene rings is 5. The van der Waals surface area contributed by atoms with Gasteiger partial charge in [0.15, 0.2) is 6.20 Å². The molecule has 5 aromatic carbocycles. The van der Waals surface area contributed by atoms with Gasteiger partial charge in [-0.3, -0.25) is 4.79 Å². The lowest BCUT2D eigenvalue weighted by Crippen LogP contribution is -2.37. The molecule has 0 unspecified atom stereocenters. The number of Topliss-reactive ketones (excluding diaryl/α,β-unsaturated/α-hetero) is 1. The van der Waals surface area contributed by atoms with Crippen molar-refractivity contribution in [3.8, 4) is 11.6 Å². The molecule has 6 rings (SSSR count). The molecule has 0 aliphatic rings. The van der Waals surface area contributed by atoms with Gasteiger partial charge in [-0.25, -0.2) is 4.98 Å². The van der Waals surface area contributed by atoms with Crippen LogP contribution in [0.15, 0.2) is 116 Å². The highest BCUT2D eigenvalue weighted by Crippen LogP contribution is 2.38. The lowest BCUT2D eigenvalue weighted by atomic mass is 9.98. The number of aromatic nitrogens is 2. The molecular weight excluding hydrogens is 420 g/mol. The summed E-state index contributed by atoms with van der Waals surface area (Å²) < 4.78 is 8.24. The molecule has 6 aromatic rings. The lowest BCUT2D eigenvalue weighted by Gasteiger charge is -2.13. The van der Waals surface area contributed by atoms with E-state index in [1.54, 1.807) is 23.2 Å². The maximum Gasteiger partial charge on any atom is 0.285 e. The van der Waals surface area contributed by atoms with Crippen LogP contribution in [0.5, 0.6) is 11.6 Å². The van der Waals surface area contributed by atoms with Gasteiger partial charge in [0.05, 0.1) is 6.20 Å². The van der Waals surface area contributed by atoms with Crippen LogP contribution in [0.4, 0.5) is 0 Å². The fourth-order valence-corrected chi connectivity index (χ4v) is 4.37. The fraction of sp³-hybridized carbons (Fsp3) is 0.0333. The van der Waals surface area contributed by atoms with E-state index in [0.29, 0.717) is 11.4 Å². The molecule has 0 radical (unpaired) electrons. The summed E-state index contributed by atoms with van der Waals surface area (Å²) in [6, 6.07) is 32.4. The summed E-state index contributed by atoms with van der Waals surface area (Å²) in [5.41, 5.74) is 0.682. The Labute approximate surface area is 196 Å². The number of hydrogen-bond acceptors (Lipinski definition) is 3. The highest BCUT2D eigenvalue weighted by atomic mass is 16.5. The van der Waals surface area contributed by atoms with Crippen LogP contribution < -0.4 is 9.30 Å². The summed E-state index contributed by atoms with van der Waals surface area (Å²) >= 11 is 0. The van der Waals surface area contributed by atoms with Gasteiger partial charge >= 0.3 is 0 Å². The summed E-state index contributed by atoms with van der Waals surface area (Å²) in [7, 11) is 0. The molecule has 0 saturated heterocycles. The van der Waals surface area contributed by atoms with E-state index in [4.69, 9.17) is 4.74 Å². The van der Waals surface area contributed by atoms with Gasteiger partial charge in [-0.15, -0.1) is 0 Å². The van der Waals surface area contributed by atoms with Crippen LogP contribution >= 0.6 is 0 Å². The Bertz CT molecular complexity index is 1670. The molecule has 0 aliphatic heterocycles. The van der Waals surface area contributed by atoms with Crippen LogP contribution in [0.3, 0.4) is 0 Å². The van der Waals surface area contributed by atoms with E-state index < -0.39 is 0 Å². The predicted octanol–water partition coefficient (Wildman–Crippen LogP) is 6.50. The highest BCUT2D eigenvalue weighted by Gasteiger charge is 2.16. The normalized spacial score (nSPS) is 11.2. The number of fused-ring (bicyclic) bond motifs is 3. The van der Waals surface area contributed by atoms with Crippen molar-refractivity contribution in [1.29, 1.82) is 0 Å². The molecule has 1 heterocycles. The Morgan fingerprint density at radius 2 is 1.41 bits per heavy atom. The number of carbonyl (C=O) groups excluding carboxylic acids is 1. The van der Waals surface area contributed by atoms with Gasteiger partial charge in [0.25, 0.3) is 5.88 Å². The van der Waals surface area contributed by atoms with Crippen molar-refractivity contribution in [2.75, 3.05) is 0 Å². The van der Waals surface area contributed by atoms with Gasteiger partial charge in [0, 0.05) is 16.3 Å².